The zero-order chi connectivity index (χ0) is 13.1. The lowest BCUT2D eigenvalue weighted by Crippen LogP contribution is -1.91. The number of aromatic amines is 1. The fraction of sp³-hybridized carbons (Fsp3) is 0.188. The molecule has 1 heterocycles. The molecule has 2 nitrogen and oxygen atoms in total. The fourth-order valence-electron chi connectivity index (χ4n) is 2.22. The van der Waals surface area contributed by atoms with Crippen LogP contribution in [0.5, 0.6) is 0 Å². The Bertz CT molecular complexity index is 671. The molecule has 1 aromatic heterocycles. The Balaban J connectivity index is 1.70. The number of hydrogen-bond donors (Lipinski definition) is 1. The van der Waals surface area contributed by atoms with Crippen molar-refractivity contribution in [2.24, 2.45) is 0 Å². The van der Waals surface area contributed by atoms with Crippen LogP contribution in [0.3, 0.4) is 0 Å². The summed E-state index contributed by atoms with van der Waals surface area (Å²) in [6, 6.07) is 15.3. The summed E-state index contributed by atoms with van der Waals surface area (Å²) in [4.78, 5) is 8.72. The average molecular weight is 268 g/mol. The van der Waals surface area contributed by atoms with Crippen LogP contribution in [0.2, 0.25) is 0 Å². The van der Waals surface area contributed by atoms with Gasteiger partial charge in [0.25, 0.3) is 0 Å². The van der Waals surface area contributed by atoms with Crippen LogP contribution in [-0.2, 0) is 12.8 Å². The van der Waals surface area contributed by atoms with Crippen LogP contribution in [-0.4, -0.2) is 16.2 Å². The lowest BCUT2D eigenvalue weighted by molar-refractivity contribution is 0.959. The molecule has 19 heavy (non-hydrogen) atoms. The number of imidazole rings is 1. The Kier molecular flexibility index (Phi) is 3.56. The van der Waals surface area contributed by atoms with Crippen molar-refractivity contribution in [1.82, 2.24) is 9.97 Å². The van der Waals surface area contributed by atoms with E-state index in [0.29, 0.717) is 0 Å². The van der Waals surface area contributed by atoms with Crippen molar-refractivity contribution in [3.05, 3.63) is 59.9 Å². The maximum atomic E-state index is 4.24. The number of thioether (sulfide) groups is 1. The van der Waals surface area contributed by atoms with Crippen molar-refractivity contribution in [3.63, 3.8) is 0 Å². The predicted octanol–water partition coefficient (Wildman–Crippen LogP) is 4.07. The van der Waals surface area contributed by atoms with Gasteiger partial charge in [0.2, 0.25) is 0 Å². The van der Waals surface area contributed by atoms with Crippen molar-refractivity contribution in [2.45, 2.75) is 17.7 Å². The molecule has 0 radical (unpaired) electrons. The van der Waals surface area contributed by atoms with E-state index in [1.807, 2.05) is 0 Å². The number of rotatable bonds is 4. The first-order chi connectivity index (χ1) is 9.35. The second-order valence-electron chi connectivity index (χ2n) is 4.60. The average Bonchev–Trinajstić information content (AvgIpc) is 2.93. The van der Waals surface area contributed by atoms with E-state index in [1.165, 1.54) is 16.0 Å². The Morgan fingerprint density at radius 1 is 1.00 bits per heavy atom. The Labute approximate surface area is 117 Å². The summed E-state index contributed by atoms with van der Waals surface area (Å²) in [5.74, 6) is 0. The highest BCUT2D eigenvalue weighted by molar-refractivity contribution is 7.98. The quantitative estimate of drug-likeness (QED) is 0.723. The van der Waals surface area contributed by atoms with Crippen LogP contribution in [0, 0.1) is 0 Å². The number of H-pyrrole nitrogens is 1. The number of hydrogen-bond acceptors (Lipinski definition) is 2. The Morgan fingerprint density at radius 3 is 2.53 bits per heavy atom. The van der Waals surface area contributed by atoms with E-state index >= 15 is 0 Å². The second-order valence-corrected chi connectivity index (χ2v) is 5.48. The van der Waals surface area contributed by atoms with Crippen molar-refractivity contribution < 1.29 is 0 Å². The summed E-state index contributed by atoms with van der Waals surface area (Å²) in [5.41, 5.74) is 4.90. The number of nitrogens with zero attached hydrogens (tertiary/aromatic N) is 1. The standard InChI is InChI=1S/C16H16N2S/c1-19-14-7-4-12(5-8-14)2-3-13-6-9-15-16(10-13)18-11-17-15/h4-11H,2-3H2,1H3,(H,17,18). The van der Waals surface area contributed by atoms with E-state index in [-0.39, 0.29) is 0 Å². The van der Waals surface area contributed by atoms with Gasteiger partial charge in [0, 0.05) is 4.90 Å². The van der Waals surface area contributed by atoms with Crippen LogP contribution in [0.25, 0.3) is 11.0 Å². The van der Waals surface area contributed by atoms with Gasteiger partial charge in [-0.15, -0.1) is 11.8 Å². The predicted molar refractivity (Wildman–Crippen MR) is 81.7 cm³/mol. The summed E-state index contributed by atoms with van der Waals surface area (Å²) < 4.78 is 0. The van der Waals surface area contributed by atoms with Gasteiger partial charge in [0.15, 0.2) is 0 Å². The van der Waals surface area contributed by atoms with Gasteiger partial charge in [0.05, 0.1) is 17.4 Å². The van der Waals surface area contributed by atoms with E-state index in [9.17, 15) is 0 Å². The van der Waals surface area contributed by atoms with Gasteiger partial charge in [0.1, 0.15) is 0 Å². The van der Waals surface area contributed by atoms with E-state index in [4.69, 9.17) is 0 Å². The third-order valence-corrected chi connectivity index (χ3v) is 4.09. The molecule has 0 atom stereocenters. The molecule has 96 valence electrons. The van der Waals surface area contributed by atoms with Gasteiger partial charge in [-0.2, -0.15) is 0 Å². The number of aryl methyl sites for hydroxylation is 2. The molecule has 0 aliphatic heterocycles. The van der Waals surface area contributed by atoms with E-state index in [1.54, 1.807) is 18.1 Å². The van der Waals surface area contributed by atoms with Gasteiger partial charge in [-0.25, -0.2) is 4.98 Å². The smallest absolute Gasteiger partial charge is 0.0931 e. The van der Waals surface area contributed by atoms with Gasteiger partial charge in [-0.1, -0.05) is 18.2 Å². The number of fused-ring (bicyclic) bond motifs is 1. The van der Waals surface area contributed by atoms with E-state index in [2.05, 4.69) is 58.7 Å². The normalized spacial score (nSPS) is 11.0. The minimum Gasteiger partial charge on any atom is -0.345 e. The molecule has 3 aromatic rings. The van der Waals surface area contributed by atoms with Gasteiger partial charge >= 0.3 is 0 Å². The molecule has 0 spiro atoms. The molecule has 3 rings (SSSR count). The molecule has 0 saturated heterocycles. The Morgan fingerprint density at radius 2 is 1.74 bits per heavy atom. The third kappa shape index (κ3) is 2.82. The molecular weight excluding hydrogens is 252 g/mol. The first-order valence-electron chi connectivity index (χ1n) is 6.40. The number of aromatic nitrogens is 2. The first-order valence-corrected chi connectivity index (χ1v) is 7.62. The van der Waals surface area contributed by atoms with E-state index < -0.39 is 0 Å². The molecule has 0 aliphatic rings. The molecule has 3 heteroatoms. The summed E-state index contributed by atoms with van der Waals surface area (Å²) in [7, 11) is 0. The van der Waals surface area contributed by atoms with Crippen molar-refractivity contribution in [3.8, 4) is 0 Å². The van der Waals surface area contributed by atoms with Crippen LogP contribution in [0.1, 0.15) is 11.1 Å². The van der Waals surface area contributed by atoms with Crippen molar-refractivity contribution >= 4 is 22.8 Å². The summed E-state index contributed by atoms with van der Waals surface area (Å²) in [6.07, 6.45) is 5.99. The van der Waals surface area contributed by atoms with Gasteiger partial charge in [-0.3, -0.25) is 0 Å². The molecule has 1 N–H and O–H groups in total. The third-order valence-electron chi connectivity index (χ3n) is 3.35. The zero-order valence-electron chi connectivity index (χ0n) is 10.9. The van der Waals surface area contributed by atoms with Crippen LogP contribution in [0.15, 0.2) is 53.7 Å². The highest BCUT2D eigenvalue weighted by Crippen LogP contribution is 2.17. The zero-order valence-corrected chi connectivity index (χ0v) is 11.7. The molecule has 2 aromatic carbocycles. The highest BCUT2D eigenvalue weighted by Gasteiger charge is 2.00. The number of benzene rings is 2. The van der Waals surface area contributed by atoms with Crippen LogP contribution < -0.4 is 0 Å². The lowest BCUT2D eigenvalue weighted by Gasteiger charge is -2.03. The largest absolute Gasteiger partial charge is 0.345 e. The van der Waals surface area contributed by atoms with Crippen LogP contribution in [0.4, 0.5) is 0 Å². The second kappa shape index (κ2) is 5.49. The molecule has 0 unspecified atom stereocenters. The van der Waals surface area contributed by atoms with Crippen LogP contribution >= 0.6 is 11.8 Å². The van der Waals surface area contributed by atoms with Crippen molar-refractivity contribution in [1.29, 1.82) is 0 Å². The Hall–Kier alpha value is -1.74. The maximum Gasteiger partial charge on any atom is 0.0931 e. The molecular formula is C16H16N2S. The van der Waals surface area contributed by atoms with E-state index in [0.717, 1.165) is 23.9 Å². The lowest BCUT2D eigenvalue weighted by atomic mass is 10.0. The molecule has 0 fully saturated rings. The monoisotopic (exact) mass is 268 g/mol. The summed E-state index contributed by atoms with van der Waals surface area (Å²) >= 11 is 1.78. The topological polar surface area (TPSA) is 28.7 Å². The number of nitrogens with one attached hydrogen (secondary N) is 1. The maximum absolute atomic E-state index is 4.24. The highest BCUT2D eigenvalue weighted by atomic mass is 32.2. The summed E-state index contributed by atoms with van der Waals surface area (Å²) in [6.45, 7) is 0. The minimum absolute atomic E-state index is 1.04. The van der Waals surface area contributed by atoms with Gasteiger partial charge < -0.3 is 4.98 Å². The first kappa shape index (κ1) is 12.3. The summed E-state index contributed by atoms with van der Waals surface area (Å²) in [5, 5.41) is 0. The molecule has 0 bridgehead atoms. The molecule has 0 saturated carbocycles. The fourth-order valence-corrected chi connectivity index (χ4v) is 2.63. The minimum atomic E-state index is 1.04. The van der Waals surface area contributed by atoms with Crippen molar-refractivity contribution in [2.75, 3.05) is 6.26 Å². The van der Waals surface area contributed by atoms with Gasteiger partial charge in [-0.05, 0) is 54.5 Å². The SMILES string of the molecule is CSc1ccc(CCc2ccc3nc[nH]c3c2)cc1. The molecule has 0 amide bonds. The molecule has 0 aliphatic carbocycles.